The third kappa shape index (κ3) is 2.02. The lowest BCUT2D eigenvalue weighted by Crippen LogP contribution is -2.32. The summed E-state index contributed by atoms with van der Waals surface area (Å²) < 4.78 is 19.0. The van der Waals surface area contributed by atoms with E-state index >= 15 is 0 Å². The first-order valence-electron chi connectivity index (χ1n) is 4.92. The molecule has 0 saturated carbocycles. The minimum absolute atomic E-state index is 0.119. The third-order valence-corrected chi connectivity index (χ3v) is 2.61. The standard InChI is InChI=1S/C10H19FO2/c1-5(2)9-7(11)8(12)10(13-9)6(3)4/h5-10,12H,1-4H3. The monoisotopic (exact) mass is 190 g/mol. The molecule has 3 heteroatoms. The number of halogens is 1. The Labute approximate surface area is 79.1 Å². The Morgan fingerprint density at radius 2 is 1.54 bits per heavy atom. The van der Waals surface area contributed by atoms with Gasteiger partial charge in [0.1, 0.15) is 6.10 Å². The Morgan fingerprint density at radius 1 is 1.08 bits per heavy atom. The van der Waals surface area contributed by atoms with E-state index in [-0.39, 0.29) is 17.9 Å². The molecule has 1 aliphatic heterocycles. The fraction of sp³-hybridized carbons (Fsp3) is 1.00. The van der Waals surface area contributed by atoms with Crippen molar-refractivity contribution in [1.82, 2.24) is 0 Å². The summed E-state index contributed by atoms with van der Waals surface area (Å²) in [5.74, 6) is 0.283. The summed E-state index contributed by atoms with van der Waals surface area (Å²) >= 11 is 0. The van der Waals surface area contributed by atoms with Crippen LogP contribution in [0.3, 0.4) is 0 Å². The van der Waals surface area contributed by atoms with Crippen molar-refractivity contribution in [1.29, 1.82) is 0 Å². The molecule has 1 aliphatic rings. The van der Waals surface area contributed by atoms with Gasteiger partial charge in [0.25, 0.3) is 0 Å². The number of aliphatic hydroxyl groups excluding tert-OH is 1. The molecule has 0 radical (unpaired) electrons. The fourth-order valence-electron chi connectivity index (χ4n) is 1.79. The second-order valence-corrected chi connectivity index (χ2v) is 4.49. The van der Waals surface area contributed by atoms with Crippen molar-refractivity contribution in [2.24, 2.45) is 11.8 Å². The van der Waals surface area contributed by atoms with E-state index in [2.05, 4.69) is 0 Å². The largest absolute Gasteiger partial charge is 0.387 e. The fourth-order valence-corrected chi connectivity index (χ4v) is 1.79. The number of hydrogen-bond acceptors (Lipinski definition) is 2. The molecular formula is C10H19FO2. The van der Waals surface area contributed by atoms with Gasteiger partial charge in [-0.1, -0.05) is 27.7 Å². The zero-order valence-corrected chi connectivity index (χ0v) is 8.70. The van der Waals surface area contributed by atoms with Gasteiger partial charge in [0.2, 0.25) is 0 Å². The molecule has 1 saturated heterocycles. The lowest BCUT2D eigenvalue weighted by molar-refractivity contribution is -0.0310. The summed E-state index contributed by atoms with van der Waals surface area (Å²) in [6.07, 6.45) is -2.97. The number of ether oxygens (including phenoxy) is 1. The van der Waals surface area contributed by atoms with Crippen molar-refractivity contribution < 1.29 is 14.2 Å². The van der Waals surface area contributed by atoms with Crippen LogP contribution >= 0.6 is 0 Å². The summed E-state index contributed by atoms with van der Waals surface area (Å²) in [4.78, 5) is 0. The zero-order chi connectivity index (χ0) is 10.2. The molecule has 4 unspecified atom stereocenters. The van der Waals surface area contributed by atoms with Gasteiger partial charge in [0.05, 0.1) is 12.2 Å². The van der Waals surface area contributed by atoms with Gasteiger partial charge in [-0.3, -0.25) is 0 Å². The van der Waals surface area contributed by atoms with E-state index in [1.807, 2.05) is 27.7 Å². The summed E-state index contributed by atoms with van der Waals surface area (Å²) in [5, 5.41) is 9.55. The Balaban J connectivity index is 2.66. The van der Waals surface area contributed by atoms with Crippen molar-refractivity contribution in [3.8, 4) is 0 Å². The van der Waals surface area contributed by atoms with E-state index in [4.69, 9.17) is 4.74 Å². The molecule has 0 aliphatic carbocycles. The number of rotatable bonds is 2. The van der Waals surface area contributed by atoms with Crippen molar-refractivity contribution in [3.05, 3.63) is 0 Å². The summed E-state index contributed by atoms with van der Waals surface area (Å²) in [5.41, 5.74) is 0. The molecule has 13 heavy (non-hydrogen) atoms. The summed E-state index contributed by atoms with van der Waals surface area (Å²) in [7, 11) is 0. The van der Waals surface area contributed by atoms with Crippen molar-refractivity contribution in [2.45, 2.75) is 52.2 Å². The minimum atomic E-state index is -1.23. The molecule has 0 aromatic carbocycles. The molecule has 0 aromatic heterocycles. The summed E-state index contributed by atoms with van der Waals surface area (Å²) in [6.45, 7) is 7.69. The van der Waals surface area contributed by atoms with Gasteiger partial charge in [0, 0.05) is 0 Å². The van der Waals surface area contributed by atoms with E-state index < -0.39 is 18.4 Å². The SMILES string of the molecule is CC(C)C1OC(C(C)C)C(F)C1O. The highest BCUT2D eigenvalue weighted by Crippen LogP contribution is 2.32. The highest BCUT2D eigenvalue weighted by atomic mass is 19.1. The van der Waals surface area contributed by atoms with E-state index in [1.165, 1.54) is 0 Å². The average Bonchev–Trinajstić information content (AvgIpc) is 2.29. The maximum absolute atomic E-state index is 13.5. The van der Waals surface area contributed by atoms with Gasteiger partial charge in [-0.15, -0.1) is 0 Å². The van der Waals surface area contributed by atoms with Crippen LogP contribution in [0.2, 0.25) is 0 Å². The number of aliphatic hydroxyl groups is 1. The van der Waals surface area contributed by atoms with Crippen LogP contribution in [0.1, 0.15) is 27.7 Å². The average molecular weight is 190 g/mol. The lowest BCUT2D eigenvalue weighted by Gasteiger charge is -2.18. The topological polar surface area (TPSA) is 29.5 Å². The molecular weight excluding hydrogens is 171 g/mol. The van der Waals surface area contributed by atoms with Gasteiger partial charge < -0.3 is 9.84 Å². The molecule has 1 heterocycles. The lowest BCUT2D eigenvalue weighted by atomic mass is 9.97. The van der Waals surface area contributed by atoms with Crippen LogP contribution in [0.15, 0.2) is 0 Å². The van der Waals surface area contributed by atoms with Crippen molar-refractivity contribution in [3.63, 3.8) is 0 Å². The molecule has 4 atom stereocenters. The first kappa shape index (κ1) is 10.9. The molecule has 1 fully saturated rings. The predicted octanol–water partition coefficient (Wildman–Crippen LogP) is 1.76. The van der Waals surface area contributed by atoms with Crippen LogP contribution in [0.25, 0.3) is 0 Å². The maximum atomic E-state index is 13.5. The van der Waals surface area contributed by atoms with Gasteiger partial charge in [-0.2, -0.15) is 0 Å². The predicted molar refractivity (Wildman–Crippen MR) is 49.2 cm³/mol. The van der Waals surface area contributed by atoms with Crippen LogP contribution in [0.5, 0.6) is 0 Å². The molecule has 1 rings (SSSR count). The molecule has 1 N–H and O–H groups in total. The first-order chi connectivity index (χ1) is 5.95. The first-order valence-corrected chi connectivity index (χ1v) is 4.92. The zero-order valence-electron chi connectivity index (χ0n) is 8.70. The Kier molecular flexibility index (Phi) is 3.30. The van der Waals surface area contributed by atoms with E-state index in [9.17, 15) is 9.50 Å². The van der Waals surface area contributed by atoms with E-state index in [1.54, 1.807) is 0 Å². The van der Waals surface area contributed by atoms with Gasteiger partial charge >= 0.3 is 0 Å². The van der Waals surface area contributed by atoms with E-state index in [0.29, 0.717) is 0 Å². The van der Waals surface area contributed by atoms with Gasteiger partial charge in [0.15, 0.2) is 6.17 Å². The minimum Gasteiger partial charge on any atom is -0.387 e. The van der Waals surface area contributed by atoms with Crippen LogP contribution in [-0.2, 0) is 4.74 Å². The van der Waals surface area contributed by atoms with Crippen LogP contribution in [0, 0.1) is 11.8 Å². The van der Waals surface area contributed by atoms with Gasteiger partial charge in [-0.05, 0) is 11.8 Å². The number of hydrogen-bond donors (Lipinski definition) is 1. The van der Waals surface area contributed by atoms with Crippen molar-refractivity contribution >= 4 is 0 Å². The molecule has 0 amide bonds. The number of alkyl halides is 1. The smallest absolute Gasteiger partial charge is 0.155 e. The Hall–Kier alpha value is -0.150. The summed E-state index contributed by atoms with van der Waals surface area (Å²) in [6, 6.07) is 0. The highest BCUT2D eigenvalue weighted by molar-refractivity contribution is 4.93. The Bertz CT molecular complexity index is 152. The second-order valence-electron chi connectivity index (χ2n) is 4.49. The highest BCUT2D eigenvalue weighted by Gasteiger charge is 2.46. The maximum Gasteiger partial charge on any atom is 0.155 e. The third-order valence-electron chi connectivity index (χ3n) is 2.61. The molecule has 0 spiro atoms. The molecule has 78 valence electrons. The molecule has 2 nitrogen and oxygen atoms in total. The Morgan fingerprint density at radius 3 is 1.77 bits per heavy atom. The quantitative estimate of drug-likeness (QED) is 0.719. The van der Waals surface area contributed by atoms with Gasteiger partial charge in [-0.25, -0.2) is 4.39 Å². The normalized spacial score (nSPS) is 40.6. The van der Waals surface area contributed by atoms with Crippen LogP contribution < -0.4 is 0 Å². The second kappa shape index (κ2) is 3.93. The van der Waals surface area contributed by atoms with Crippen molar-refractivity contribution in [2.75, 3.05) is 0 Å². The van der Waals surface area contributed by atoms with Crippen LogP contribution in [-0.4, -0.2) is 29.6 Å². The molecule has 0 bridgehead atoms. The molecule has 0 aromatic rings. The van der Waals surface area contributed by atoms with E-state index in [0.717, 1.165) is 0 Å². The van der Waals surface area contributed by atoms with Crippen LogP contribution in [0.4, 0.5) is 4.39 Å².